The summed E-state index contributed by atoms with van der Waals surface area (Å²) in [6, 6.07) is 16.3. The van der Waals surface area contributed by atoms with E-state index in [1.807, 2.05) is 12.1 Å². The van der Waals surface area contributed by atoms with Gasteiger partial charge in [0.2, 0.25) is 11.6 Å². The van der Waals surface area contributed by atoms with E-state index in [4.69, 9.17) is 10.8 Å². The number of Topliss-reactive ketones (excluding diaryl/α,β-unsaturated/α-hetero) is 2. The third-order valence-electron chi connectivity index (χ3n) is 2.79. The van der Waals surface area contributed by atoms with Crippen molar-refractivity contribution in [3.05, 3.63) is 71.8 Å². The molecule has 3 N–H and O–H groups in total. The van der Waals surface area contributed by atoms with Gasteiger partial charge >= 0.3 is 5.97 Å². The highest BCUT2D eigenvalue weighted by Gasteiger charge is 2.17. The van der Waals surface area contributed by atoms with E-state index >= 15 is 0 Å². The number of carboxylic acid groups (broad SMARTS) is 1. The highest BCUT2D eigenvalue weighted by molar-refractivity contribution is 7.80. The molecule has 0 amide bonds. The fraction of sp³-hybridized carbons (Fsp3) is 0.118. The lowest BCUT2D eigenvalue weighted by molar-refractivity contribution is -0.137. The van der Waals surface area contributed by atoms with Gasteiger partial charge in [0.05, 0.1) is 0 Å². The quantitative estimate of drug-likeness (QED) is 0.443. The fourth-order valence-electron chi connectivity index (χ4n) is 1.52. The predicted molar refractivity (Wildman–Crippen MR) is 91.0 cm³/mol. The van der Waals surface area contributed by atoms with Crippen molar-refractivity contribution >= 4 is 30.2 Å². The lowest BCUT2D eigenvalue weighted by atomic mass is 10.0. The molecule has 2 aromatic carbocycles. The summed E-state index contributed by atoms with van der Waals surface area (Å²) in [4.78, 5) is 33.3. The Labute approximate surface area is 139 Å². The molecule has 0 aromatic heterocycles. The minimum atomic E-state index is -1.00. The van der Waals surface area contributed by atoms with Gasteiger partial charge in [-0.15, -0.1) is 0 Å². The number of rotatable bonds is 5. The normalized spacial score (nSPS) is 10.9. The molecule has 0 radical (unpaired) electrons. The lowest BCUT2D eigenvalue weighted by Crippen LogP contribution is -2.31. The summed E-state index contributed by atoms with van der Waals surface area (Å²) < 4.78 is 0. The molecule has 0 aliphatic heterocycles. The lowest BCUT2D eigenvalue weighted by Gasteiger charge is -1.99. The van der Waals surface area contributed by atoms with Crippen LogP contribution in [0.25, 0.3) is 0 Å². The predicted octanol–water partition coefficient (Wildman–Crippen LogP) is 2.08. The minimum absolute atomic E-state index is 0.190. The Hall–Kier alpha value is -2.44. The van der Waals surface area contributed by atoms with Gasteiger partial charge in [-0.2, -0.15) is 12.6 Å². The molecule has 0 fully saturated rings. The van der Waals surface area contributed by atoms with E-state index in [-0.39, 0.29) is 5.75 Å². The van der Waals surface area contributed by atoms with Crippen molar-refractivity contribution in [3.8, 4) is 0 Å². The molecule has 1 atom stereocenters. The van der Waals surface area contributed by atoms with Gasteiger partial charge in [-0.25, -0.2) is 0 Å². The van der Waals surface area contributed by atoms with Crippen molar-refractivity contribution in [3.63, 3.8) is 0 Å². The van der Waals surface area contributed by atoms with E-state index < -0.39 is 23.6 Å². The molecule has 2 rings (SSSR count). The molecule has 0 spiro atoms. The van der Waals surface area contributed by atoms with Gasteiger partial charge in [0.1, 0.15) is 6.04 Å². The third kappa shape index (κ3) is 6.06. The number of ketones is 2. The first-order valence-corrected chi connectivity index (χ1v) is 7.39. The average Bonchev–Trinajstić information content (AvgIpc) is 2.61. The highest BCUT2D eigenvalue weighted by atomic mass is 32.1. The number of thiol groups is 1. The van der Waals surface area contributed by atoms with E-state index in [2.05, 4.69) is 12.6 Å². The summed E-state index contributed by atoms with van der Waals surface area (Å²) in [6.45, 7) is 0. The molecule has 0 bridgehead atoms. The Morgan fingerprint density at radius 3 is 1.43 bits per heavy atom. The van der Waals surface area contributed by atoms with Crippen molar-refractivity contribution in [2.24, 2.45) is 5.73 Å². The topological polar surface area (TPSA) is 97.5 Å². The van der Waals surface area contributed by atoms with Crippen LogP contribution in [0.5, 0.6) is 0 Å². The summed E-state index contributed by atoms with van der Waals surface area (Å²) in [6.07, 6.45) is 0. The summed E-state index contributed by atoms with van der Waals surface area (Å²) in [5, 5.41) is 8.01. The molecule has 1 unspecified atom stereocenters. The molecule has 2 aromatic rings. The zero-order valence-electron chi connectivity index (χ0n) is 12.3. The van der Waals surface area contributed by atoms with Crippen LogP contribution in [-0.4, -0.2) is 34.4 Å². The van der Waals surface area contributed by atoms with Crippen LogP contribution in [0.1, 0.15) is 20.7 Å². The highest BCUT2D eigenvalue weighted by Crippen LogP contribution is 2.07. The molecular weight excluding hydrogens is 314 g/mol. The molecule has 0 aliphatic rings. The smallest absolute Gasteiger partial charge is 0.321 e. The molecule has 120 valence electrons. The maximum absolute atomic E-state index is 11.8. The van der Waals surface area contributed by atoms with Crippen LogP contribution in [0.4, 0.5) is 0 Å². The van der Waals surface area contributed by atoms with E-state index in [9.17, 15) is 14.4 Å². The van der Waals surface area contributed by atoms with Crippen molar-refractivity contribution in [2.45, 2.75) is 6.04 Å². The van der Waals surface area contributed by atoms with Gasteiger partial charge in [-0.3, -0.25) is 14.4 Å². The number of carboxylic acids is 1. The summed E-state index contributed by atoms with van der Waals surface area (Å²) >= 11 is 3.65. The van der Waals surface area contributed by atoms with E-state index in [0.29, 0.717) is 11.1 Å². The summed E-state index contributed by atoms with van der Waals surface area (Å²) in [5.74, 6) is -1.75. The molecule has 0 saturated heterocycles. The molecule has 5 nitrogen and oxygen atoms in total. The van der Waals surface area contributed by atoms with E-state index in [1.165, 1.54) is 0 Å². The first-order valence-electron chi connectivity index (χ1n) is 6.75. The summed E-state index contributed by atoms with van der Waals surface area (Å²) in [5.41, 5.74) is 5.79. The van der Waals surface area contributed by atoms with Crippen LogP contribution in [0.15, 0.2) is 60.7 Å². The largest absolute Gasteiger partial charge is 0.480 e. The molecule has 6 heteroatoms. The van der Waals surface area contributed by atoms with Crippen molar-refractivity contribution in [1.29, 1.82) is 0 Å². The van der Waals surface area contributed by atoms with Gasteiger partial charge < -0.3 is 10.8 Å². The van der Waals surface area contributed by atoms with E-state index in [1.54, 1.807) is 48.5 Å². The zero-order valence-corrected chi connectivity index (χ0v) is 13.1. The maximum atomic E-state index is 11.8. The van der Waals surface area contributed by atoms with Crippen LogP contribution in [-0.2, 0) is 4.79 Å². The first kappa shape index (κ1) is 18.6. The average molecular weight is 331 g/mol. The van der Waals surface area contributed by atoms with Crippen LogP contribution >= 0.6 is 12.6 Å². The van der Waals surface area contributed by atoms with Gasteiger partial charge in [0, 0.05) is 16.9 Å². The van der Waals surface area contributed by atoms with Crippen molar-refractivity contribution < 1.29 is 19.5 Å². The van der Waals surface area contributed by atoms with Gasteiger partial charge in [-0.1, -0.05) is 60.7 Å². The molecule has 0 aliphatic carbocycles. The number of carbonyl (C=O) groups is 3. The standard InChI is InChI=1S/C14H10O2.C3H7NO2S/c15-13(11-7-3-1-4-8-11)14(16)12-9-5-2-6-10-12;4-2(1-7)3(5)6/h1-10H;2,7H,1,4H2,(H,5,6). The Balaban J connectivity index is 0.000000322. The molecule has 23 heavy (non-hydrogen) atoms. The number of carbonyl (C=O) groups excluding carboxylic acids is 2. The number of aliphatic carboxylic acids is 1. The Morgan fingerprint density at radius 1 is 0.870 bits per heavy atom. The molecular formula is C17H17NO4S. The van der Waals surface area contributed by atoms with Crippen LogP contribution < -0.4 is 5.73 Å². The van der Waals surface area contributed by atoms with Crippen LogP contribution in [0, 0.1) is 0 Å². The number of nitrogens with two attached hydrogens (primary N) is 1. The number of benzene rings is 2. The second-order valence-electron chi connectivity index (χ2n) is 4.52. The second-order valence-corrected chi connectivity index (χ2v) is 4.88. The third-order valence-corrected chi connectivity index (χ3v) is 3.19. The van der Waals surface area contributed by atoms with Crippen molar-refractivity contribution in [1.82, 2.24) is 0 Å². The SMILES string of the molecule is NC(CS)C(=O)O.O=C(C(=O)c1ccccc1)c1ccccc1. The van der Waals surface area contributed by atoms with E-state index in [0.717, 1.165) is 0 Å². The molecule has 0 saturated carbocycles. The van der Waals surface area contributed by atoms with Crippen molar-refractivity contribution in [2.75, 3.05) is 5.75 Å². The number of hydrogen-bond acceptors (Lipinski definition) is 5. The van der Waals surface area contributed by atoms with Gasteiger partial charge in [0.15, 0.2) is 0 Å². The Bertz CT molecular complexity index is 609. The Kier molecular flexibility index (Phi) is 7.73. The monoisotopic (exact) mass is 331 g/mol. The maximum Gasteiger partial charge on any atom is 0.321 e. The number of hydrogen-bond donors (Lipinski definition) is 3. The first-order chi connectivity index (χ1) is 11.0. The molecule has 0 heterocycles. The van der Waals surface area contributed by atoms with Crippen LogP contribution in [0.2, 0.25) is 0 Å². The van der Waals surface area contributed by atoms with Gasteiger partial charge in [0.25, 0.3) is 0 Å². The zero-order chi connectivity index (χ0) is 17.2. The Morgan fingerprint density at radius 2 is 1.22 bits per heavy atom. The van der Waals surface area contributed by atoms with Crippen LogP contribution in [0.3, 0.4) is 0 Å². The fourth-order valence-corrected chi connectivity index (χ4v) is 1.68. The minimum Gasteiger partial charge on any atom is -0.480 e. The van der Waals surface area contributed by atoms with Gasteiger partial charge in [-0.05, 0) is 0 Å². The second kappa shape index (κ2) is 9.55. The summed E-state index contributed by atoms with van der Waals surface area (Å²) in [7, 11) is 0.